The summed E-state index contributed by atoms with van der Waals surface area (Å²) in [7, 11) is 0. The van der Waals surface area contributed by atoms with Gasteiger partial charge in [0.15, 0.2) is 0 Å². The third-order valence-electron chi connectivity index (χ3n) is 4.75. The van der Waals surface area contributed by atoms with Gasteiger partial charge in [-0.05, 0) is 43.5 Å². The largest absolute Gasteiger partial charge is 0.348 e. The Balaban J connectivity index is 1.77. The number of nitrogens with two attached hydrogens (primary N) is 1. The van der Waals surface area contributed by atoms with Gasteiger partial charge in [-0.25, -0.2) is 15.0 Å². The van der Waals surface area contributed by atoms with Crippen LogP contribution in [-0.4, -0.2) is 33.0 Å². The first kappa shape index (κ1) is 15.4. The molecule has 24 heavy (non-hydrogen) atoms. The number of hydrogen-bond acceptors (Lipinski definition) is 5. The summed E-state index contributed by atoms with van der Waals surface area (Å²) < 4.78 is 0. The first-order valence-corrected chi connectivity index (χ1v) is 8.50. The van der Waals surface area contributed by atoms with Gasteiger partial charge in [0, 0.05) is 24.3 Å². The van der Waals surface area contributed by atoms with Gasteiger partial charge in [0.1, 0.15) is 17.8 Å². The minimum atomic E-state index is 0.127. The number of pyridine rings is 1. The summed E-state index contributed by atoms with van der Waals surface area (Å²) in [6.07, 6.45) is 7.22. The van der Waals surface area contributed by atoms with Crippen molar-refractivity contribution in [2.75, 3.05) is 18.0 Å². The van der Waals surface area contributed by atoms with E-state index in [4.69, 9.17) is 17.3 Å². The lowest BCUT2D eigenvalue weighted by molar-refractivity contribution is 0.347. The number of halogens is 1. The van der Waals surface area contributed by atoms with Crippen LogP contribution in [0.25, 0.3) is 11.0 Å². The molecule has 3 N–H and O–H groups in total. The van der Waals surface area contributed by atoms with Crippen molar-refractivity contribution in [3.8, 4) is 0 Å². The van der Waals surface area contributed by atoms with E-state index >= 15 is 0 Å². The number of piperidine rings is 1. The zero-order valence-corrected chi connectivity index (χ0v) is 13.9. The Morgan fingerprint density at radius 1 is 1.25 bits per heavy atom. The number of rotatable bonds is 3. The summed E-state index contributed by atoms with van der Waals surface area (Å²) in [5.41, 5.74) is 7.83. The maximum atomic E-state index is 5.99. The third kappa shape index (κ3) is 2.72. The highest BCUT2D eigenvalue weighted by Gasteiger charge is 2.32. The fraction of sp³-hybridized carbons (Fsp3) is 0.353. The molecular formula is C17H19ClN6. The third-order valence-corrected chi connectivity index (χ3v) is 4.97. The molecule has 0 saturated carbocycles. The van der Waals surface area contributed by atoms with Gasteiger partial charge in [-0.2, -0.15) is 0 Å². The predicted octanol–water partition coefficient (Wildman–Crippen LogP) is 2.92. The molecule has 0 aromatic carbocycles. The lowest BCUT2D eigenvalue weighted by atomic mass is 9.88. The second-order valence-corrected chi connectivity index (χ2v) is 6.61. The number of nitrogens with one attached hydrogen (secondary N) is 1. The summed E-state index contributed by atoms with van der Waals surface area (Å²) in [6.45, 7) is 1.59. The molecule has 7 heteroatoms. The number of H-pyrrole nitrogens is 1. The van der Waals surface area contributed by atoms with Gasteiger partial charge in [0.2, 0.25) is 0 Å². The fourth-order valence-electron chi connectivity index (χ4n) is 3.48. The van der Waals surface area contributed by atoms with Crippen LogP contribution in [0.2, 0.25) is 5.02 Å². The molecule has 2 atom stereocenters. The molecule has 1 aliphatic heterocycles. The molecule has 1 saturated heterocycles. The quantitative estimate of drug-likeness (QED) is 0.764. The summed E-state index contributed by atoms with van der Waals surface area (Å²) in [5, 5.41) is 1.70. The number of aromatic amines is 1. The number of aromatic nitrogens is 4. The molecule has 6 nitrogen and oxygen atoms in total. The predicted molar refractivity (Wildman–Crippen MR) is 95.0 cm³/mol. The number of hydrogen-bond donors (Lipinski definition) is 2. The van der Waals surface area contributed by atoms with E-state index in [-0.39, 0.29) is 6.04 Å². The van der Waals surface area contributed by atoms with Crippen LogP contribution in [0.1, 0.15) is 24.6 Å². The standard InChI is InChI=1S/C17H19ClN6/c18-12-1-2-15(21-9-12)24-6-4-11(8-19)7-14(24)16-13-3-5-20-17(13)23-10-22-16/h1-3,5,9-11,14H,4,6-8,19H2,(H,20,22,23). The Kier molecular flexibility index (Phi) is 4.08. The molecule has 1 aliphatic rings. The van der Waals surface area contributed by atoms with Crippen LogP contribution in [0, 0.1) is 5.92 Å². The molecule has 4 heterocycles. The number of anilines is 1. The molecule has 124 valence electrons. The highest BCUT2D eigenvalue weighted by Crippen LogP contribution is 2.38. The van der Waals surface area contributed by atoms with Crippen LogP contribution in [-0.2, 0) is 0 Å². The molecular weight excluding hydrogens is 324 g/mol. The van der Waals surface area contributed by atoms with Crippen molar-refractivity contribution in [1.82, 2.24) is 19.9 Å². The van der Waals surface area contributed by atoms with E-state index in [2.05, 4.69) is 24.8 Å². The van der Waals surface area contributed by atoms with Gasteiger partial charge in [-0.3, -0.25) is 0 Å². The van der Waals surface area contributed by atoms with Crippen molar-refractivity contribution >= 4 is 28.5 Å². The van der Waals surface area contributed by atoms with Crippen LogP contribution < -0.4 is 10.6 Å². The smallest absolute Gasteiger partial charge is 0.141 e. The van der Waals surface area contributed by atoms with Crippen LogP contribution in [0.4, 0.5) is 5.82 Å². The maximum absolute atomic E-state index is 5.99. The SMILES string of the molecule is NCC1CCN(c2ccc(Cl)cn2)C(c2ncnc3[nH]ccc23)C1. The van der Waals surface area contributed by atoms with E-state index in [1.54, 1.807) is 12.5 Å². The van der Waals surface area contributed by atoms with Crippen molar-refractivity contribution in [2.24, 2.45) is 11.7 Å². The van der Waals surface area contributed by atoms with Crippen LogP contribution in [0.5, 0.6) is 0 Å². The monoisotopic (exact) mass is 342 g/mol. The first-order valence-electron chi connectivity index (χ1n) is 8.12. The van der Waals surface area contributed by atoms with Gasteiger partial charge >= 0.3 is 0 Å². The van der Waals surface area contributed by atoms with Gasteiger partial charge in [0.05, 0.1) is 16.8 Å². The van der Waals surface area contributed by atoms with Crippen molar-refractivity contribution in [1.29, 1.82) is 0 Å². The highest BCUT2D eigenvalue weighted by atomic mass is 35.5. The van der Waals surface area contributed by atoms with Crippen molar-refractivity contribution in [2.45, 2.75) is 18.9 Å². The zero-order chi connectivity index (χ0) is 16.5. The summed E-state index contributed by atoms with van der Waals surface area (Å²) in [6, 6.07) is 6.00. The Bertz CT molecular complexity index is 830. The Hall–Kier alpha value is -2.18. The summed E-state index contributed by atoms with van der Waals surface area (Å²) in [4.78, 5) is 18.9. The Morgan fingerprint density at radius 3 is 2.96 bits per heavy atom. The number of nitrogens with zero attached hydrogens (tertiary/aromatic N) is 4. The van der Waals surface area contributed by atoms with Crippen molar-refractivity contribution in [3.63, 3.8) is 0 Å². The molecule has 0 spiro atoms. The number of fused-ring (bicyclic) bond motifs is 1. The molecule has 2 unspecified atom stereocenters. The minimum absolute atomic E-state index is 0.127. The Labute approximate surface area is 145 Å². The molecule has 0 amide bonds. The average Bonchev–Trinajstić information content (AvgIpc) is 3.11. The normalized spacial score (nSPS) is 21.3. The molecule has 3 aromatic rings. The van der Waals surface area contributed by atoms with E-state index in [0.717, 1.165) is 41.9 Å². The fourth-order valence-corrected chi connectivity index (χ4v) is 3.59. The van der Waals surface area contributed by atoms with Gasteiger partial charge in [-0.15, -0.1) is 0 Å². The van der Waals surface area contributed by atoms with E-state index < -0.39 is 0 Å². The topological polar surface area (TPSA) is 83.7 Å². The van der Waals surface area contributed by atoms with Gasteiger partial charge < -0.3 is 15.6 Å². The molecule has 0 bridgehead atoms. The maximum Gasteiger partial charge on any atom is 0.141 e. The van der Waals surface area contributed by atoms with Crippen LogP contribution in [0.15, 0.2) is 36.9 Å². The van der Waals surface area contributed by atoms with E-state index in [9.17, 15) is 0 Å². The average molecular weight is 343 g/mol. The van der Waals surface area contributed by atoms with Gasteiger partial charge in [-0.1, -0.05) is 11.6 Å². The second-order valence-electron chi connectivity index (χ2n) is 6.17. The summed E-state index contributed by atoms with van der Waals surface area (Å²) >= 11 is 5.99. The lowest BCUT2D eigenvalue weighted by Crippen LogP contribution is -2.39. The zero-order valence-electron chi connectivity index (χ0n) is 13.2. The molecule has 0 radical (unpaired) electrons. The van der Waals surface area contributed by atoms with Crippen LogP contribution >= 0.6 is 11.6 Å². The summed E-state index contributed by atoms with van der Waals surface area (Å²) in [5.74, 6) is 1.41. The molecule has 0 aliphatic carbocycles. The van der Waals surface area contributed by atoms with Gasteiger partial charge in [0.25, 0.3) is 0 Å². The van der Waals surface area contributed by atoms with Crippen molar-refractivity contribution in [3.05, 3.63) is 47.6 Å². The molecule has 4 rings (SSSR count). The highest BCUT2D eigenvalue weighted by molar-refractivity contribution is 6.30. The van der Waals surface area contributed by atoms with E-state index in [1.165, 1.54) is 0 Å². The van der Waals surface area contributed by atoms with E-state index in [1.807, 2.05) is 24.4 Å². The van der Waals surface area contributed by atoms with Crippen LogP contribution in [0.3, 0.4) is 0 Å². The second kappa shape index (κ2) is 6.37. The molecule has 3 aromatic heterocycles. The van der Waals surface area contributed by atoms with E-state index in [0.29, 0.717) is 17.5 Å². The van der Waals surface area contributed by atoms with Crippen molar-refractivity contribution < 1.29 is 0 Å². The molecule has 1 fully saturated rings. The Morgan fingerprint density at radius 2 is 2.17 bits per heavy atom. The minimum Gasteiger partial charge on any atom is -0.348 e. The first-order chi connectivity index (χ1) is 11.8. The lowest BCUT2D eigenvalue weighted by Gasteiger charge is -2.39.